The van der Waals surface area contributed by atoms with E-state index in [1.165, 1.54) is 25.6 Å². The fourth-order valence-corrected chi connectivity index (χ4v) is 1.53. The van der Waals surface area contributed by atoms with Crippen LogP contribution in [0.5, 0.6) is 5.75 Å². The van der Waals surface area contributed by atoms with Gasteiger partial charge in [-0.2, -0.15) is 0 Å². The number of hydrogen-bond donors (Lipinski definition) is 3. The normalized spacial score (nSPS) is 9.95. The van der Waals surface area contributed by atoms with Crippen molar-refractivity contribution >= 4 is 17.5 Å². The number of ether oxygens (including phenoxy) is 1. The summed E-state index contributed by atoms with van der Waals surface area (Å²) in [7, 11) is 1.35. The van der Waals surface area contributed by atoms with Crippen molar-refractivity contribution < 1.29 is 14.6 Å². The number of benzene rings is 1. The average molecular weight is 261 g/mol. The Bertz CT molecular complexity index is 666. The standard InChI is InChI=1S/C12H11N3O4/c1-19-9-10(13-6-14-11(9)16)15-8-4-2-3-7(5-8)12(17)18/h2-6H,1H3,(H,17,18)(H2,13,14,15,16). The average Bonchev–Trinajstić information content (AvgIpc) is 2.39. The minimum atomic E-state index is -1.03. The van der Waals surface area contributed by atoms with E-state index in [4.69, 9.17) is 9.84 Å². The number of nitrogens with zero attached hydrogens (tertiary/aromatic N) is 1. The van der Waals surface area contributed by atoms with Gasteiger partial charge in [-0.15, -0.1) is 0 Å². The number of rotatable bonds is 4. The van der Waals surface area contributed by atoms with Gasteiger partial charge in [0.1, 0.15) is 0 Å². The summed E-state index contributed by atoms with van der Waals surface area (Å²) in [6, 6.07) is 6.15. The van der Waals surface area contributed by atoms with Crippen molar-refractivity contribution in [1.29, 1.82) is 0 Å². The predicted molar refractivity (Wildman–Crippen MR) is 68.1 cm³/mol. The van der Waals surface area contributed by atoms with E-state index in [1.54, 1.807) is 12.1 Å². The van der Waals surface area contributed by atoms with Gasteiger partial charge in [-0.25, -0.2) is 9.78 Å². The van der Waals surface area contributed by atoms with E-state index in [-0.39, 0.29) is 17.1 Å². The second-order valence-electron chi connectivity index (χ2n) is 3.62. The predicted octanol–water partition coefficient (Wildman–Crippen LogP) is 1.22. The molecule has 98 valence electrons. The maximum Gasteiger partial charge on any atom is 0.335 e. The summed E-state index contributed by atoms with van der Waals surface area (Å²) < 4.78 is 4.94. The summed E-state index contributed by atoms with van der Waals surface area (Å²) in [5.41, 5.74) is 0.208. The van der Waals surface area contributed by atoms with Crippen molar-refractivity contribution in [3.8, 4) is 5.75 Å². The fraction of sp³-hybridized carbons (Fsp3) is 0.0833. The zero-order valence-corrected chi connectivity index (χ0v) is 10.0. The number of carbonyl (C=O) groups is 1. The molecule has 0 fully saturated rings. The lowest BCUT2D eigenvalue weighted by Gasteiger charge is -2.09. The number of hydrogen-bond acceptors (Lipinski definition) is 5. The van der Waals surface area contributed by atoms with Crippen molar-refractivity contribution in [2.45, 2.75) is 0 Å². The minimum Gasteiger partial charge on any atom is -0.489 e. The lowest BCUT2D eigenvalue weighted by atomic mass is 10.2. The largest absolute Gasteiger partial charge is 0.489 e. The van der Waals surface area contributed by atoms with Crippen LogP contribution in [0.3, 0.4) is 0 Å². The molecular weight excluding hydrogens is 250 g/mol. The number of aromatic nitrogens is 2. The van der Waals surface area contributed by atoms with Crippen LogP contribution in [0.2, 0.25) is 0 Å². The van der Waals surface area contributed by atoms with E-state index < -0.39 is 11.5 Å². The molecule has 0 bridgehead atoms. The van der Waals surface area contributed by atoms with Gasteiger partial charge in [-0.3, -0.25) is 4.79 Å². The van der Waals surface area contributed by atoms with Crippen molar-refractivity contribution in [3.63, 3.8) is 0 Å². The maximum absolute atomic E-state index is 11.5. The molecule has 0 saturated heterocycles. The molecule has 0 aliphatic heterocycles. The van der Waals surface area contributed by atoms with Crippen LogP contribution in [0.1, 0.15) is 10.4 Å². The van der Waals surface area contributed by atoms with E-state index in [1.807, 2.05) is 0 Å². The molecule has 0 amide bonds. The molecule has 7 heteroatoms. The topological polar surface area (TPSA) is 104 Å². The zero-order valence-electron chi connectivity index (χ0n) is 10.0. The first-order valence-electron chi connectivity index (χ1n) is 5.34. The van der Waals surface area contributed by atoms with Gasteiger partial charge < -0.3 is 20.1 Å². The number of H-pyrrole nitrogens is 1. The molecule has 3 N–H and O–H groups in total. The molecule has 1 heterocycles. The van der Waals surface area contributed by atoms with Gasteiger partial charge in [0.25, 0.3) is 5.56 Å². The van der Waals surface area contributed by atoms with E-state index >= 15 is 0 Å². The quantitative estimate of drug-likeness (QED) is 0.764. The molecule has 0 radical (unpaired) electrons. The first-order chi connectivity index (χ1) is 9.11. The number of carboxylic acids is 1. The summed E-state index contributed by atoms with van der Waals surface area (Å²) in [4.78, 5) is 28.7. The molecule has 1 aromatic carbocycles. The first kappa shape index (κ1) is 12.6. The second-order valence-corrected chi connectivity index (χ2v) is 3.62. The summed E-state index contributed by atoms with van der Waals surface area (Å²) in [6.07, 6.45) is 1.23. The van der Waals surface area contributed by atoms with E-state index in [0.717, 1.165) is 0 Å². The number of nitrogens with one attached hydrogen (secondary N) is 2. The SMILES string of the molecule is COc1c(Nc2cccc(C(=O)O)c2)nc[nH]c1=O. The summed E-state index contributed by atoms with van der Waals surface area (Å²) in [5.74, 6) is -0.786. The maximum atomic E-state index is 11.5. The lowest BCUT2D eigenvalue weighted by molar-refractivity contribution is 0.0697. The van der Waals surface area contributed by atoms with Crippen LogP contribution in [-0.2, 0) is 0 Å². The molecule has 0 atom stereocenters. The summed E-state index contributed by atoms with van der Waals surface area (Å²) in [6.45, 7) is 0. The van der Waals surface area contributed by atoms with Crippen LogP contribution >= 0.6 is 0 Å². The van der Waals surface area contributed by atoms with Gasteiger partial charge in [0.2, 0.25) is 5.75 Å². The van der Waals surface area contributed by atoms with Crippen molar-refractivity contribution in [2.24, 2.45) is 0 Å². The highest BCUT2D eigenvalue weighted by Crippen LogP contribution is 2.21. The zero-order chi connectivity index (χ0) is 13.8. The van der Waals surface area contributed by atoms with E-state index in [0.29, 0.717) is 5.69 Å². The van der Waals surface area contributed by atoms with Crippen molar-refractivity contribution in [1.82, 2.24) is 9.97 Å². The van der Waals surface area contributed by atoms with Crippen molar-refractivity contribution in [2.75, 3.05) is 12.4 Å². The van der Waals surface area contributed by atoms with Crippen LogP contribution < -0.4 is 15.6 Å². The monoisotopic (exact) mass is 261 g/mol. The van der Waals surface area contributed by atoms with Crippen LogP contribution in [0.4, 0.5) is 11.5 Å². The molecule has 2 aromatic rings. The van der Waals surface area contributed by atoms with Crippen LogP contribution in [-0.4, -0.2) is 28.2 Å². The highest BCUT2D eigenvalue weighted by molar-refractivity contribution is 5.89. The molecule has 1 aromatic heterocycles. The Balaban J connectivity index is 2.36. The third kappa shape index (κ3) is 2.71. The van der Waals surface area contributed by atoms with Gasteiger partial charge in [0.05, 0.1) is 19.0 Å². The molecular formula is C12H11N3O4. The fourth-order valence-electron chi connectivity index (χ4n) is 1.53. The highest BCUT2D eigenvalue weighted by atomic mass is 16.5. The van der Waals surface area contributed by atoms with Crippen molar-refractivity contribution in [3.05, 3.63) is 46.5 Å². The molecule has 2 rings (SSSR count). The smallest absolute Gasteiger partial charge is 0.335 e. The van der Waals surface area contributed by atoms with Crippen LogP contribution in [0.15, 0.2) is 35.4 Å². The Kier molecular flexibility index (Phi) is 3.46. The number of carboxylic acid groups (broad SMARTS) is 1. The molecule has 7 nitrogen and oxygen atoms in total. The summed E-state index contributed by atoms with van der Waals surface area (Å²) >= 11 is 0. The third-order valence-corrected chi connectivity index (χ3v) is 2.39. The van der Waals surface area contributed by atoms with Gasteiger partial charge in [0.15, 0.2) is 5.82 Å². The Morgan fingerprint density at radius 3 is 2.95 bits per heavy atom. The van der Waals surface area contributed by atoms with Gasteiger partial charge >= 0.3 is 5.97 Å². The van der Waals surface area contributed by atoms with Gasteiger partial charge in [-0.1, -0.05) is 6.07 Å². The highest BCUT2D eigenvalue weighted by Gasteiger charge is 2.10. The summed E-state index contributed by atoms with van der Waals surface area (Å²) in [5, 5.41) is 11.7. The number of methoxy groups -OCH3 is 1. The van der Waals surface area contributed by atoms with Crippen LogP contribution in [0.25, 0.3) is 0 Å². The Morgan fingerprint density at radius 2 is 2.26 bits per heavy atom. The second kappa shape index (κ2) is 5.21. The minimum absolute atomic E-state index is 0.0308. The van der Waals surface area contributed by atoms with Gasteiger partial charge in [0, 0.05) is 5.69 Å². The van der Waals surface area contributed by atoms with Gasteiger partial charge in [-0.05, 0) is 18.2 Å². The molecule has 0 aliphatic rings. The molecule has 0 saturated carbocycles. The van der Waals surface area contributed by atoms with E-state index in [2.05, 4.69) is 15.3 Å². The van der Waals surface area contributed by atoms with E-state index in [9.17, 15) is 9.59 Å². The number of aromatic amines is 1. The molecule has 0 spiro atoms. The third-order valence-electron chi connectivity index (χ3n) is 2.39. The number of anilines is 2. The molecule has 0 aliphatic carbocycles. The lowest BCUT2D eigenvalue weighted by Crippen LogP contribution is -2.12. The first-order valence-corrected chi connectivity index (χ1v) is 5.34. The number of aromatic carboxylic acids is 1. The Hall–Kier alpha value is -2.83. The Labute approximate surface area is 107 Å². The molecule has 0 unspecified atom stereocenters. The Morgan fingerprint density at radius 1 is 1.47 bits per heavy atom. The molecule has 19 heavy (non-hydrogen) atoms. The van der Waals surface area contributed by atoms with Crippen LogP contribution in [0, 0.1) is 0 Å².